The van der Waals surface area contributed by atoms with E-state index in [0.717, 1.165) is 29.5 Å². The second-order valence-corrected chi connectivity index (χ2v) is 10.9. The number of nitrogens with one attached hydrogen (secondary N) is 1. The van der Waals surface area contributed by atoms with Crippen LogP contribution in [0, 0.1) is 6.92 Å². The molecule has 0 bridgehead atoms. The number of sulfonamides is 1. The van der Waals surface area contributed by atoms with Gasteiger partial charge in [0.1, 0.15) is 12.6 Å². The summed E-state index contributed by atoms with van der Waals surface area (Å²) in [4.78, 5) is 27.8. The predicted octanol–water partition coefficient (Wildman–Crippen LogP) is 4.77. The van der Waals surface area contributed by atoms with Gasteiger partial charge in [-0.1, -0.05) is 49.7 Å². The maximum absolute atomic E-state index is 13.6. The molecule has 0 fully saturated rings. The number of alkyl halides is 3. The Labute approximate surface area is 220 Å². The van der Waals surface area contributed by atoms with Crippen LogP contribution in [-0.2, 0) is 32.3 Å². The molecule has 1 atom stereocenters. The first-order valence-electron chi connectivity index (χ1n) is 11.7. The maximum atomic E-state index is 13.6. The van der Waals surface area contributed by atoms with Gasteiger partial charge in [-0.3, -0.25) is 13.9 Å². The minimum absolute atomic E-state index is 0.00950. The van der Waals surface area contributed by atoms with Gasteiger partial charge in [-0.05, 0) is 49.1 Å². The molecule has 2 amide bonds. The summed E-state index contributed by atoms with van der Waals surface area (Å²) in [5, 5.41) is 2.16. The van der Waals surface area contributed by atoms with Crippen molar-refractivity contribution in [3.05, 3.63) is 64.2 Å². The minimum Gasteiger partial charge on any atom is -0.354 e. The summed E-state index contributed by atoms with van der Waals surface area (Å²) in [5.74, 6) is -1.14. The third-order valence-corrected chi connectivity index (χ3v) is 7.23. The van der Waals surface area contributed by atoms with Crippen LogP contribution in [0.1, 0.15) is 43.4 Å². The lowest BCUT2D eigenvalue weighted by Crippen LogP contribution is -2.52. The molecule has 0 spiro atoms. The predicted molar refractivity (Wildman–Crippen MR) is 138 cm³/mol. The zero-order valence-corrected chi connectivity index (χ0v) is 22.7. The molecule has 0 radical (unpaired) electrons. The Morgan fingerprint density at radius 1 is 1.11 bits per heavy atom. The van der Waals surface area contributed by atoms with Crippen LogP contribution in [0.5, 0.6) is 0 Å². The van der Waals surface area contributed by atoms with Crippen LogP contribution in [0.4, 0.5) is 18.9 Å². The van der Waals surface area contributed by atoms with Gasteiger partial charge < -0.3 is 10.2 Å². The zero-order chi connectivity index (χ0) is 28.0. The van der Waals surface area contributed by atoms with E-state index in [1.165, 1.54) is 4.90 Å². The van der Waals surface area contributed by atoms with Crippen LogP contribution < -0.4 is 9.62 Å². The molecule has 0 unspecified atom stereocenters. The Morgan fingerprint density at radius 3 is 2.30 bits per heavy atom. The molecule has 2 aromatic carbocycles. The first kappa shape index (κ1) is 30.4. The first-order chi connectivity index (χ1) is 17.2. The summed E-state index contributed by atoms with van der Waals surface area (Å²) in [7, 11) is -4.19. The van der Waals surface area contributed by atoms with E-state index >= 15 is 0 Å². The van der Waals surface area contributed by atoms with E-state index in [0.29, 0.717) is 23.3 Å². The molecule has 204 valence electrons. The van der Waals surface area contributed by atoms with Crippen molar-refractivity contribution >= 4 is 39.1 Å². The lowest BCUT2D eigenvalue weighted by Gasteiger charge is -2.33. The Hall–Kier alpha value is -2.79. The molecule has 0 heterocycles. The molecule has 0 aromatic heterocycles. The zero-order valence-electron chi connectivity index (χ0n) is 21.1. The van der Waals surface area contributed by atoms with Crippen molar-refractivity contribution in [3.63, 3.8) is 0 Å². The summed E-state index contributed by atoms with van der Waals surface area (Å²) >= 11 is 5.69. The van der Waals surface area contributed by atoms with Gasteiger partial charge in [-0.2, -0.15) is 13.2 Å². The molecule has 37 heavy (non-hydrogen) atoms. The van der Waals surface area contributed by atoms with Crippen molar-refractivity contribution in [3.8, 4) is 0 Å². The van der Waals surface area contributed by atoms with E-state index in [-0.39, 0.29) is 18.7 Å². The fourth-order valence-corrected chi connectivity index (χ4v) is 4.82. The number of hydrogen-bond acceptors (Lipinski definition) is 4. The molecule has 7 nitrogen and oxygen atoms in total. The highest BCUT2D eigenvalue weighted by molar-refractivity contribution is 7.92. The molecule has 0 aliphatic heterocycles. The highest BCUT2D eigenvalue weighted by Gasteiger charge is 2.36. The molecule has 2 rings (SSSR count). The van der Waals surface area contributed by atoms with Crippen molar-refractivity contribution in [1.82, 2.24) is 10.2 Å². The second-order valence-electron chi connectivity index (χ2n) is 8.59. The number of hydrogen-bond donors (Lipinski definition) is 1. The van der Waals surface area contributed by atoms with Crippen LogP contribution in [0.3, 0.4) is 0 Å². The number of nitrogens with zero attached hydrogens (tertiary/aromatic N) is 2. The highest BCUT2D eigenvalue weighted by Crippen LogP contribution is 2.37. The van der Waals surface area contributed by atoms with Gasteiger partial charge in [-0.25, -0.2) is 8.42 Å². The monoisotopic (exact) mass is 561 g/mol. The van der Waals surface area contributed by atoms with Crippen molar-refractivity contribution < 1.29 is 31.2 Å². The fraction of sp³-hybridized carbons (Fsp3) is 0.440. The number of carbonyl (C=O) groups is 2. The Morgan fingerprint density at radius 2 is 1.76 bits per heavy atom. The standard InChI is InChI=1S/C25H31ClF3N3O4S/c1-5-13-30-24(34)22(6-2)31(15-18-10-8-7-9-17(18)3)23(33)16-32(37(4,35)36)19-11-12-21(26)20(14-19)25(27,28)29/h7-12,14,22H,5-6,13,15-16H2,1-4H3,(H,30,34)/t22-/m0/s1. The van der Waals surface area contributed by atoms with Gasteiger partial charge in [0.15, 0.2) is 0 Å². The Balaban J connectivity index is 2.52. The molecule has 0 saturated heterocycles. The van der Waals surface area contributed by atoms with Gasteiger partial charge in [0.25, 0.3) is 0 Å². The van der Waals surface area contributed by atoms with Gasteiger partial charge in [0, 0.05) is 13.1 Å². The molecular formula is C25H31ClF3N3O4S. The van der Waals surface area contributed by atoms with E-state index in [9.17, 15) is 31.2 Å². The van der Waals surface area contributed by atoms with E-state index in [4.69, 9.17) is 11.6 Å². The quantitative estimate of drug-likeness (QED) is 0.428. The molecule has 0 aliphatic carbocycles. The minimum atomic E-state index is -4.83. The van der Waals surface area contributed by atoms with Crippen LogP contribution in [0.2, 0.25) is 5.02 Å². The number of amides is 2. The van der Waals surface area contributed by atoms with E-state index < -0.39 is 51.2 Å². The van der Waals surface area contributed by atoms with Crippen molar-refractivity contribution in [1.29, 1.82) is 0 Å². The topological polar surface area (TPSA) is 86.8 Å². The van der Waals surface area contributed by atoms with Gasteiger partial charge in [-0.15, -0.1) is 0 Å². The molecular weight excluding hydrogens is 531 g/mol. The van der Waals surface area contributed by atoms with E-state index in [1.54, 1.807) is 19.1 Å². The smallest absolute Gasteiger partial charge is 0.354 e. The number of carbonyl (C=O) groups excluding carboxylic acids is 2. The van der Waals surface area contributed by atoms with Gasteiger partial charge >= 0.3 is 6.18 Å². The summed E-state index contributed by atoms with van der Waals surface area (Å²) < 4.78 is 66.1. The summed E-state index contributed by atoms with van der Waals surface area (Å²) in [5.41, 5.74) is 0.00719. The molecule has 2 aromatic rings. The largest absolute Gasteiger partial charge is 0.417 e. The van der Waals surface area contributed by atoms with Crippen LogP contribution in [0.25, 0.3) is 0 Å². The number of halogens is 4. The third-order valence-electron chi connectivity index (χ3n) is 5.76. The molecule has 1 N–H and O–H groups in total. The molecule has 0 saturated carbocycles. The van der Waals surface area contributed by atoms with Gasteiger partial charge in [0.05, 0.1) is 22.5 Å². The first-order valence-corrected chi connectivity index (χ1v) is 13.9. The fourth-order valence-electron chi connectivity index (χ4n) is 3.76. The normalized spacial score (nSPS) is 12.6. The second kappa shape index (κ2) is 12.6. The van der Waals surface area contributed by atoms with Crippen LogP contribution in [0.15, 0.2) is 42.5 Å². The SMILES string of the molecule is CCCNC(=O)[C@H](CC)N(Cc1ccccc1C)C(=O)CN(c1ccc(Cl)c(C(F)(F)F)c1)S(C)(=O)=O. The number of anilines is 1. The highest BCUT2D eigenvalue weighted by atomic mass is 35.5. The molecule has 12 heteroatoms. The van der Waals surface area contributed by atoms with Crippen molar-refractivity contribution in [2.75, 3.05) is 23.7 Å². The number of benzene rings is 2. The average molecular weight is 562 g/mol. The van der Waals surface area contributed by atoms with Crippen molar-refractivity contribution in [2.24, 2.45) is 0 Å². The number of rotatable bonds is 11. The van der Waals surface area contributed by atoms with Crippen molar-refractivity contribution in [2.45, 2.75) is 52.4 Å². The molecule has 0 aliphatic rings. The summed E-state index contributed by atoms with van der Waals surface area (Å²) in [6.45, 7) is 5.03. The Kier molecular flexibility index (Phi) is 10.4. The van der Waals surface area contributed by atoms with Gasteiger partial charge in [0.2, 0.25) is 21.8 Å². The summed E-state index contributed by atoms with van der Waals surface area (Å²) in [6.07, 6.45) is -3.13. The maximum Gasteiger partial charge on any atom is 0.417 e. The van der Waals surface area contributed by atoms with Crippen LogP contribution in [-0.4, -0.2) is 50.5 Å². The lowest BCUT2D eigenvalue weighted by molar-refractivity contribution is -0.140. The Bertz CT molecular complexity index is 1220. The third kappa shape index (κ3) is 8.10. The van der Waals surface area contributed by atoms with Crippen LogP contribution >= 0.6 is 11.6 Å². The van der Waals surface area contributed by atoms with E-state index in [2.05, 4.69) is 5.32 Å². The average Bonchev–Trinajstić information content (AvgIpc) is 2.81. The van der Waals surface area contributed by atoms with E-state index in [1.807, 2.05) is 26.0 Å². The number of aryl methyl sites for hydroxylation is 1. The lowest BCUT2D eigenvalue weighted by atomic mass is 10.1. The summed E-state index contributed by atoms with van der Waals surface area (Å²) in [6, 6.07) is 8.92.